The summed E-state index contributed by atoms with van der Waals surface area (Å²) >= 11 is 0. The fourth-order valence-electron chi connectivity index (χ4n) is 0.933. The van der Waals surface area contributed by atoms with Gasteiger partial charge in [0.05, 0.1) is 19.5 Å². The van der Waals surface area contributed by atoms with E-state index in [-0.39, 0.29) is 12.2 Å². The smallest absolute Gasteiger partial charge is 0.237 e. The maximum absolute atomic E-state index is 11.3. The summed E-state index contributed by atoms with van der Waals surface area (Å²) in [6.45, 7) is 0.384. The molecule has 0 atom stereocenters. The van der Waals surface area contributed by atoms with Crippen LogP contribution < -0.4 is 11.5 Å². The van der Waals surface area contributed by atoms with Gasteiger partial charge >= 0.3 is 0 Å². The molecule has 0 saturated carbocycles. The van der Waals surface area contributed by atoms with Gasteiger partial charge in [-0.2, -0.15) is 0 Å². The minimum Gasteiger partial charge on any atom is -0.368 e. The molecular formula is C8H13N3O4. The second-order valence-electron chi connectivity index (χ2n) is 3.06. The number of ketones is 1. The van der Waals surface area contributed by atoms with Crippen LogP contribution in [0.5, 0.6) is 0 Å². The molecule has 0 aromatic rings. The van der Waals surface area contributed by atoms with Gasteiger partial charge in [0.25, 0.3) is 0 Å². The van der Waals surface area contributed by atoms with E-state index in [1.165, 1.54) is 6.92 Å². The standard InChI is InChI=1S/C8H13N3O4/c1-5(12)2-8(15)11(3-6(9)13)4-7(10)14/h2-4H2,1H3,(H2,9,13)(H2,10,14). The number of nitrogens with two attached hydrogens (primary N) is 2. The number of nitrogens with zero attached hydrogens (tertiary/aromatic N) is 1. The van der Waals surface area contributed by atoms with Gasteiger partial charge in [0, 0.05) is 0 Å². The summed E-state index contributed by atoms with van der Waals surface area (Å²) in [6.07, 6.45) is -0.374. The van der Waals surface area contributed by atoms with Gasteiger partial charge in [0.1, 0.15) is 5.78 Å². The number of carbonyl (C=O) groups is 4. The predicted molar refractivity (Wildman–Crippen MR) is 50.3 cm³/mol. The molecule has 7 heteroatoms. The molecule has 0 fully saturated rings. The van der Waals surface area contributed by atoms with Crippen LogP contribution in [-0.2, 0) is 19.2 Å². The van der Waals surface area contributed by atoms with Crippen molar-refractivity contribution in [1.82, 2.24) is 4.90 Å². The third-order valence-corrected chi connectivity index (χ3v) is 1.45. The Bertz CT molecular complexity index is 284. The topological polar surface area (TPSA) is 124 Å². The van der Waals surface area contributed by atoms with Crippen molar-refractivity contribution >= 4 is 23.5 Å². The quantitative estimate of drug-likeness (QED) is 0.486. The lowest BCUT2D eigenvalue weighted by atomic mass is 10.2. The first-order valence-electron chi connectivity index (χ1n) is 4.16. The zero-order chi connectivity index (χ0) is 12.0. The SMILES string of the molecule is CC(=O)CC(=O)N(CC(N)=O)CC(N)=O. The molecule has 0 spiro atoms. The highest BCUT2D eigenvalue weighted by molar-refractivity contribution is 5.99. The molecule has 7 nitrogen and oxygen atoms in total. The molecule has 84 valence electrons. The molecule has 0 rings (SSSR count). The van der Waals surface area contributed by atoms with E-state index in [0.29, 0.717) is 0 Å². The number of amides is 3. The monoisotopic (exact) mass is 215 g/mol. The molecule has 0 aliphatic rings. The molecule has 4 N–H and O–H groups in total. The van der Waals surface area contributed by atoms with Gasteiger partial charge in [-0.15, -0.1) is 0 Å². The molecule has 3 amide bonds. The van der Waals surface area contributed by atoms with Gasteiger partial charge in [0.15, 0.2) is 0 Å². The van der Waals surface area contributed by atoms with Gasteiger partial charge < -0.3 is 16.4 Å². The average molecular weight is 215 g/mol. The molecule has 0 aliphatic heterocycles. The summed E-state index contributed by atoms with van der Waals surface area (Å²) in [5, 5.41) is 0. The molecule has 0 aromatic heterocycles. The Morgan fingerprint density at radius 3 is 1.67 bits per heavy atom. The van der Waals surface area contributed by atoms with E-state index in [2.05, 4.69) is 0 Å². The van der Waals surface area contributed by atoms with Crippen LogP contribution in [0.1, 0.15) is 13.3 Å². The van der Waals surface area contributed by atoms with E-state index in [1.807, 2.05) is 0 Å². The number of carbonyl (C=O) groups excluding carboxylic acids is 4. The van der Waals surface area contributed by atoms with Gasteiger partial charge in [0.2, 0.25) is 17.7 Å². The maximum Gasteiger partial charge on any atom is 0.237 e. The molecule has 0 radical (unpaired) electrons. The highest BCUT2D eigenvalue weighted by Gasteiger charge is 2.18. The van der Waals surface area contributed by atoms with Crippen molar-refractivity contribution < 1.29 is 19.2 Å². The number of hydrogen-bond donors (Lipinski definition) is 2. The summed E-state index contributed by atoms with van der Waals surface area (Å²) in [7, 11) is 0. The lowest BCUT2D eigenvalue weighted by Crippen LogP contribution is -2.43. The summed E-state index contributed by atoms with van der Waals surface area (Å²) in [5.41, 5.74) is 9.74. The van der Waals surface area contributed by atoms with Crippen LogP contribution in [-0.4, -0.2) is 41.5 Å². The number of rotatable bonds is 6. The largest absolute Gasteiger partial charge is 0.368 e. The first-order valence-corrected chi connectivity index (χ1v) is 4.16. The normalized spacial score (nSPS) is 9.40. The average Bonchev–Trinajstić information content (AvgIpc) is 1.99. The molecule has 0 aliphatic carbocycles. The number of hydrogen-bond acceptors (Lipinski definition) is 4. The van der Waals surface area contributed by atoms with E-state index < -0.39 is 30.8 Å². The Balaban J connectivity index is 4.46. The third kappa shape index (κ3) is 6.19. The fourth-order valence-corrected chi connectivity index (χ4v) is 0.933. The Hall–Kier alpha value is -1.92. The zero-order valence-corrected chi connectivity index (χ0v) is 8.36. The van der Waals surface area contributed by atoms with E-state index in [0.717, 1.165) is 4.90 Å². The van der Waals surface area contributed by atoms with E-state index in [4.69, 9.17) is 11.5 Å². The Morgan fingerprint density at radius 2 is 1.40 bits per heavy atom. The van der Waals surface area contributed by atoms with Crippen LogP contribution in [0.2, 0.25) is 0 Å². The van der Waals surface area contributed by atoms with E-state index >= 15 is 0 Å². The van der Waals surface area contributed by atoms with E-state index in [9.17, 15) is 19.2 Å². The summed E-state index contributed by atoms with van der Waals surface area (Å²) in [6, 6.07) is 0. The van der Waals surface area contributed by atoms with Gasteiger partial charge in [-0.05, 0) is 6.92 Å². The second-order valence-corrected chi connectivity index (χ2v) is 3.06. The molecular weight excluding hydrogens is 202 g/mol. The van der Waals surface area contributed by atoms with E-state index in [1.54, 1.807) is 0 Å². The lowest BCUT2D eigenvalue weighted by molar-refractivity contribution is -0.140. The summed E-state index contributed by atoms with van der Waals surface area (Å²) in [4.78, 5) is 44.0. The van der Waals surface area contributed by atoms with Crippen molar-refractivity contribution in [2.75, 3.05) is 13.1 Å². The van der Waals surface area contributed by atoms with Gasteiger partial charge in [-0.25, -0.2) is 0 Å². The third-order valence-electron chi connectivity index (χ3n) is 1.45. The van der Waals surface area contributed by atoms with Crippen LogP contribution >= 0.6 is 0 Å². The predicted octanol–water partition coefficient (Wildman–Crippen LogP) is -2.24. The molecule has 0 heterocycles. The van der Waals surface area contributed by atoms with Crippen LogP contribution in [0.25, 0.3) is 0 Å². The Kier molecular flexibility index (Phi) is 5.00. The van der Waals surface area contributed by atoms with Crippen molar-refractivity contribution in [2.45, 2.75) is 13.3 Å². The molecule has 15 heavy (non-hydrogen) atoms. The van der Waals surface area contributed by atoms with Gasteiger partial charge in [-0.3, -0.25) is 19.2 Å². The van der Waals surface area contributed by atoms with Crippen molar-refractivity contribution in [3.05, 3.63) is 0 Å². The molecule has 0 saturated heterocycles. The minimum atomic E-state index is -0.770. The van der Waals surface area contributed by atoms with Gasteiger partial charge in [-0.1, -0.05) is 0 Å². The van der Waals surface area contributed by atoms with Crippen LogP contribution in [0.15, 0.2) is 0 Å². The number of primary amides is 2. The Morgan fingerprint density at radius 1 is 1.00 bits per heavy atom. The number of Topliss-reactive ketones (excluding diaryl/α,β-unsaturated/α-hetero) is 1. The lowest BCUT2D eigenvalue weighted by Gasteiger charge is -2.18. The molecule has 0 aromatic carbocycles. The fraction of sp³-hybridized carbons (Fsp3) is 0.500. The molecule has 0 bridgehead atoms. The maximum atomic E-state index is 11.3. The zero-order valence-electron chi connectivity index (χ0n) is 8.36. The van der Waals surface area contributed by atoms with Crippen molar-refractivity contribution in [3.63, 3.8) is 0 Å². The van der Waals surface area contributed by atoms with Crippen molar-refractivity contribution in [3.8, 4) is 0 Å². The van der Waals surface area contributed by atoms with Crippen LogP contribution in [0, 0.1) is 0 Å². The highest BCUT2D eigenvalue weighted by atomic mass is 16.2. The van der Waals surface area contributed by atoms with Crippen LogP contribution in [0.4, 0.5) is 0 Å². The Labute approximate surface area is 86.4 Å². The van der Waals surface area contributed by atoms with Crippen molar-refractivity contribution in [1.29, 1.82) is 0 Å². The van der Waals surface area contributed by atoms with Crippen molar-refractivity contribution in [2.24, 2.45) is 11.5 Å². The molecule has 0 unspecified atom stereocenters. The van der Waals surface area contributed by atoms with Crippen LogP contribution in [0.3, 0.4) is 0 Å². The summed E-state index contributed by atoms with van der Waals surface area (Å²) < 4.78 is 0. The minimum absolute atomic E-state index is 0.362. The highest BCUT2D eigenvalue weighted by Crippen LogP contribution is 1.94. The first kappa shape index (κ1) is 13.1. The second kappa shape index (κ2) is 5.74. The summed E-state index contributed by atoms with van der Waals surface area (Å²) in [5.74, 6) is -2.54. The first-order chi connectivity index (χ1) is 6.82.